The Morgan fingerprint density at radius 2 is 2.24 bits per heavy atom. The van der Waals surface area contributed by atoms with Crippen molar-refractivity contribution in [2.24, 2.45) is 5.73 Å². The molecule has 1 aromatic rings. The van der Waals surface area contributed by atoms with Crippen LogP contribution in [0, 0.1) is 0 Å². The van der Waals surface area contributed by atoms with E-state index in [1.165, 1.54) is 0 Å². The van der Waals surface area contributed by atoms with Crippen LogP contribution in [0.1, 0.15) is 33.7 Å². The van der Waals surface area contributed by atoms with Gasteiger partial charge in [-0.05, 0) is 27.7 Å². The first-order chi connectivity index (χ1) is 9.76. The molecule has 7 nitrogen and oxygen atoms in total. The molecule has 1 aliphatic heterocycles. The number of amides is 1. The molecule has 2 rings (SSSR count). The number of ether oxygens (including phenoxy) is 1. The first kappa shape index (κ1) is 15.6. The van der Waals surface area contributed by atoms with E-state index in [1.54, 1.807) is 11.1 Å². The minimum Gasteiger partial charge on any atom is -0.444 e. The van der Waals surface area contributed by atoms with Crippen LogP contribution in [0.4, 0.5) is 10.6 Å². The average Bonchev–Trinajstić information content (AvgIpc) is 2.69. The number of nitrogens with one attached hydrogen (secondary N) is 1. The average molecular weight is 295 g/mol. The van der Waals surface area contributed by atoms with Crippen LogP contribution in [0.3, 0.4) is 0 Å². The van der Waals surface area contributed by atoms with E-state index < -0.39 is 5.60 Å². The predicted octanol–water partition coefficient (Wildman–Crippen LogP) is 1.43. The maximum absolute atomic E-state index is 11.9. The van der Waals surface area contributed by atoms with Crippen LogP contribution in [-0.2, 0) is 4.74 Å². The molecule has 7 heteroatoms. The van der Waals surface area contributed by atoms with Gasteiger partial charge in [0.25, 0.3) is 0 Å². The van der Waals surface area contributed by atoms with Gasteiger partial charge < -0.3 is 20.7 Å². The molecule has 1 aliphatic rings. The molecule has 1 unspecified atom stereocenters. The Balaban J connectivity index is 1.87. The molecule has 0 saturated carbocycles. The molecule has 118 valence electrons. The largest absolute Gasteiger partial charge is 0.444 e. The third kappa shape index (κ3) is 4.10. The van der Waals surface area contributed by atoms with Crippen molar-refractivity contribution in [2.45, 2.75) is 45.4 Å². The lowest BCUT2D eigenvalue weighted by atomic mass is 10.1. The van der Waals surface area contributed by atoms with E-state index in [2.05, 4.69) is 10.4 Å². The van der Waals surface area contributed by atoms with Crippen LogP contribution in [0.25, 0.3) is 0 Å². The summed E-state index contributed by atoms with van der Waals surface area (Å²) in [7, 11) is 0. The summed E-state index contributed by atoms with van der Waals surface area (Å²) in [5, 5.41) is 7.58. The van der Waals surface area contributed by atoms with E-state index in [0.29, 0.717) is 19.6 Å². The monoisotopic (exact) mass is 295 g/mol. The number of nitrogens with two attached hydrogens (primary N) is 1. The Morgan fingerprint density at radius 3 is 2.81 bits per heavy atom. The van der Waals surface area contributed by atoms with E-state index in [0.717, 1.165) is 5.82 Å². The van der Waals surface area contributed by atoms with Gasteiger partial charge in [0.1, 0.15) is 11.4 Å². The smallest absolute Gasteiger partial charge is 0.410 e. The molecule has 1 atom stereocenters. The second-order valence-electron chi connectivity index (χ2n) is 6.56. The second kappa shape index (κ2) is 5.93. The Hall–Kier alpha value is -1.76. The first-order valence-corrected chi connectivity index (χ1v) is 7.27. The zero-order valence-electron chi connectivity index (χ0n) is 13.2. The van der Waals surface area contributed by atoms with Crippen molar-refractivity contribution in [1.82, 2.24) is 14.7 Å². The predicted molar refractivity (Wildman–Crippen MR) is 81.2 cm³/mol. The van der Waals surface area contributed by atoms with Gasteiger partial charge in [-0.1, -0.05) is 0 Å². The zero-order chi connectivity index (χ0) is 15.6. The fraction of sp³-hybridized carbons (Fsp3) is 0.714. The van der Waals surface area contributed by atoms with Crippen molar-refractivity contribution in [2.75, 3.05) is 25.0 Å². The van der Waals surface area contributed by atoms with Gasteiger partial charge in [-0.3, -0.25) is 0 Å². The number of likely N-dealkylation sites (tertiary alicyclic amines) is 1. The van der Waals surface area contributed by atoms with Gasteiger partial charge in [0.15, 0.2) is 0 Å². The molecular weight excluding hydrogens is 270 g/mol. The van der Waals surface area contributed by atoms with Crippen molar-refractivity contribution in [3.63, 3.8) is 0 Å². The van der Waals surface area contributed by atoms with Gasteiger partial charge in [-0.25, -0.2) is 9.48 Å². The molecule has 1 amide bonds. The summed E-state index contributed by atoms with van der Waals surface area (Å²) in [6.07, 6.45) is 1.48. The molecule has 1 fully saturated rings. The Bertz CT molecular complexity index is 486. The summed E-state index contributed by atoms with van der Waals surface area (Å²) in [4.78, 5) is 13.6. The highest BCUT2D eigenvalue weighted by Gasteiger charge is 2.35. The van der Waals surface area contributed by atoms with Gasteiger partial charge in [-0.2, -0.15) is 5.10 Å². The normalized spacial score (nSPS) is 17.3. The molecule has 1 saturated heterocycles. The zero-order valence-corrected chi connectivity index (χ0v) is 13.2. The summed E-state index contributed by atoms with van der Waals surface area (Å²) in [5.74, 6) is 0.932. The number of rotatable bonds is 4. The molecule has 0 radical (unpaired) electrons. The van der Waals surface area contributed by atoms with E-state index in [1.807, 2.05) is 38.4 Å². The topological polar surface area (TPSA) is 85.4 Å². The Labute approximate surface area is 125 Å². The number of carbonyl (C=O) groups is 1. The third-order valence-corrected chi connectivity index (χ3v) is 3.14. The number of anilines is 1. The molecule has 0 spiro atoms. The molecule has 1 aromatic heterocycles. The standard InChI is InChI=1S/C14H25N5O2/c1-10(15)7-16-12-5-6-17-19(12)11-8-18(9-11)13(20)21-14(2,3)4/h5-6,10-11,16H,7-9,15H2,1-4H3. The quantitative estimate of drug-likeness (QED) is 0.877. The van der Waals surface area contributed by atoms with E-state index in [9.17, 15) is 4.79 Å². The van der Waals surface area contributed by atoms with E-state index in [4.69, 9.17) is 10.5 Å². The van der Waals surface area contributed by atoms with Gasteiger partial charge in [0.2, 0.25) is 0 Å². The highest BCUT2D eigenvalue weighted by molar-refractivity contribution is 5.69. The minimum absolute atomic E-state index is 0.0769. The summed E-state index contributed by atoms with van der Waals surface area (Å²) in [6, 6.07) is 2.18. The SMILES string of the molecule is CC(N)CNc1ccnn1C1CN(C(=O)OC(C)(C)C)C1. The molecule has 3 N–H and O–H groups in total. The van der Waals surface area contributed by atoms with Crippen molar-refractivity contribution >= 4 is 11.9 Å². The highest BCUT2D eigenvalue weighted by atomic mass is 16.6. The lowest BCUT2D eigenvalue weighted by Crippen LogP contribution is -2.52. The van der Waals surface area contributed by atoms with Gasteiger partial charge in [0, 0.05) is 31.7 Å². The highest BCUT2D eigenvalue weighted by Crippen LogP contribution is 2.25. The van der Waals surface area contributed by atoms with Crippen molar-refractivity contribution in [3.8, 4) is 0 Å². The first-order valence-electron chi connectivity index (χ1n) is 7.27. The van der Waals surface area contributed by atoms with Crippen LogP contribution < -0.4 is 11.1 Å². The minimum atomic E-state index is -0.460. The molecule has 2 heterocycles. The molecular formula is C14H25N5O2. The Kier molecular flexibility index (Phi) is 4.41. The number of carbonyl (C=O) groups excluding carboxylic acids is 1. The summed E-state index contributed by atoms with van der Waals surface area (Å²) >= 11 is 0. The summed E-state index contributed by atoms with van der Waals surface area (Å²) in [5.41, 5.74) is 5.28. The van der Waals surface area contributed by atoms with Gasteiger partial charge in [-0.15, -0.1) is 0 Å². The molecule has 0 aliphatic carbocycles. The van der Waals surface area contributed by atoms with Gasteiger partial charge in [0.05, 0.1) is 12.2 Å². The number of hydrogen-bond acceptors (Lipinski definition) is 5. The number of hydrogen-bond donors (Lipinski definition) is 2. The summed E-state index contributed by atoms with van der Waals surface area (Å²) < 4.78 is 7.25. The van der Waals surface area contributed by atoms with Crippen molar-refractivity contribution in [1.29, 1.82) is 0 Å². The van der Waals surface area contributed by atoms with Crippen LogP contribution in [0.5, 0.6) is 0 Å². The van der Waals surface area contributed by atoms with Gasteiger partial charge >= 0.3 is 6.09 Å². The number of aromatic nitrogens is 2. The van der Waals surface area contributed by atoms with Crippen LogP contribution in [0.15, 0.2) is 12.3 Å². The lowest BCUT2D eigenvalue weighted by molar-refractivity contribution is -0.000135. The molecule has 0 bridgehead atoms. The Morgan fingerprint density at radius 1 is 1.57 bits per heavy atom. The fourth-order valence-corrected chi connectivity index (χ4v) is 2.10. The van der Waals surface area contributed by atoms with Crippen LogP contribution in [0.2, 0.25) is 0 Å². The van der Waals surface area contributed by atoms with Crippen LogP contribution >= 0.6 is 0 Å². The lowest BCUT2D eigenvalue weighted by Gasteiger charge is -2.40. The third-order valence-electron chi connectivity index (χ3n) is 3.14. The van der Waals surface area contributed by atoms with Crippen LogP contribution in [-0.4, -0.2) is 52.1 Å². The fourth-order valence-electron chi connectivity index (χ4n) is 2.10. The maximum Gasteiger partial charge on any atom is 0.410 e. The molecule has 0 aromatic carbocycles. The number of nitrogens with zero attached hydrogens (tertiary/aromatic N) is 3. The summed E-state index contributed by atoms with van der Waals surface area (Å²) in [6.45, 7) is 9.46. The second-order valence-corrected chi connectivity index (χ2v) is 6.56. The maximum atomic E-state index is 11.9. The molecule has 21 heavy (non-hydrogen) atoms. The van der Waals surface area contributed by atoms with Crippen molar-refractivity contribution < 1.29 is 9.53 Å². The van der Waals surface area contributed by atoms with E-state index in [-0.39, 0.29) is 18.2 Å². The van der Waals surface area contributed by atoms with Crippen molar-refractivity contribution in [3.05, 3.63) is 12.3 Å². The van der Waals surface area contributed by atoms with E-state index >= 15 is 0 Å².